The first kappa shape index (κ1) is 11.0. The molecule has 2 aromatic carbocycles. The topological polar surface area (TPSA) is 43.8 Å². The van der Waals surface area contributed by atoms with Gasteiger partial charge in [-0.15, -0.1) is 0 Å². The standard InChI is InChI=1S/C15H15N3/c16-9-12-4-3-5-13(8-12)11-18-15-7-2-1-6-14(15)10-17-18/h1-8,10H,9,11,16H2. The van der Waals surface area contributed by atoms with E-state index in [1.165, 1.54) is 10.9 Å². The first-order valence-electron chi connectivity index (χ1n) is 6.05. The van der Waals surface area contributed by atoms with E-state index in [9.17, 15) is 0 Å². The van der Waals surface area contributed by atoms with Gasteiger partial charge in [0.25, 0.3) is 0 Å². The minimum atomic E-state index is 0.577. The summed E-state index contributed by atoms with van der Waals surface area (Å²) in [6, 6.07) is 16.6. The predicted molar refractivity (Wildman–Crippen MR) is 73.2 cm³/mol. The van der Waals surface area contributed by atoms with Gasteiger partial charge in [-0.2, -0.15) is 5.10 Å². The molecule has 0 bridgehead atoms. The molecule has 3 rings (SSSR count). The number of hydrogen-bond acceptors (Lipinski definition) is 2. The lowest BCUT2D eigenvalue weighted by molar-refractivity contribution is 0.711. The Hall–Kier alpha value is -2.13. The molecule has 0 aliphatic carbocycles. The van der Waals surface area contributed by atoms with Crippen LogP contribution in [0.15, 0.2) is 54.7 Å². The molecular weight excluding hydrogens is 222 g/mol. The quantitative estimate of drug-likeness (QED) is 0.760. The Morgan fingerprint density at radius 3 is 2.72 bits per heavy atom. The molecule has 0 saturated carbocycles. The van der Waals surface area contributed by atoms with Crippen LogP contribution in [-0.2, 0) is 13.1 Å². The van der Waals surface area contributed by atoms with Crippen molar-refractivity contribution in [1.82, 2.24) is 9.78 Å². The number of para-hydroxylation sites is 1. The van der Waals surface area contributed by atoms with Crippen LogP contribution < -0.4 is 5.73 Å². The third kappa shape index (κ3) is 2.00. The number of rotatable bonds is 3. The molecule has 0 radical (unpaired) electrons. The summed E-state index contributed by atoms with van der Waals surface area (Å²) in [6.45, 7) is 1.36. The highest BCUT2D eigenvalue weighted by Crippen LogP contribution is 2.15. The normalized spacial score (nSPS) is 10.9. The Labute approximate surface area is 106 Å². The van der Waals surface area contributed by atoms with Crippen molar-refractivity contribution in [1.29, 1.82) is 0 Å². The molecule has 90 valence electrons. The maximum atomic E-state index is 5.66. The number of hydrogen-bond donors (Lipinski definition) is 1. The van der Waals surface area contributed by atoms with Crippen LogP contribution in [0.1, 0.15) is 11.1 Å². The van der Waals surface area contributed by atoms with Gasteiger partial charge >= 0.3 is 0 Å². The van der Waals surface area contributed by atoms with Gasteiger partial charge in [-0.3, -0.25) is 4.68 Å². The van der Waals surface area contributed by atoms with Gasteiger partial charge in [0.1, 0.15) is 0 Å². The van der Waals surface area contributed by atoms with Crippen LogP contribution in [0.4, 0.5) is 0 Å². The zero-order chi connectivity index (χ0) is 12.4. The molecule has 1 aromatic heterocycles. The number of benzene rings is 2. The molecule has 3 nitrogen and oxygen atoms in total. The molecule has 0 aliphatic heterocycles. The highest BCUT2D eigenvalue weighted by atomic mass is 15.3. The second kappa shape index (κ2) is 4.63. The molecule has 3 heteroatoms. The Bertz CT molecular complexity index is 670. The van der Waals surface area contributed by atoms with Gasteiger partial charge in [-0.1, -0.05) is 42.5 Å². The summed E-state index contributed by atoms with van der Waals surface area (Å²) < 4.78 is 2.02. The van der Waals surface area contributed by atoms with E-state index in [0.29, 0.717) is 6.54 Å². The van der Waals surface area contributed by atoms with Crippen LogP contribution >= 0.6 is 0 Å². The first-order chi connectivity index (χ1) is 8.86. The van der Waals surface area contributed by atoms with Crippen molar-refractivity contribution in [2.45, 2.75) is 13.1 Å². The van der Waals surface area contributed by atoms with Crippen molar-refractivity contribution < 1.29 is 0 Å². The summed E-state index contributed by atoms with van der Waals surface area (Å²) in [6.07, 6.45) is 1.90. The molecule has 0 atom stereocenters. The van der Waals surface area contributed by atoms with Crippen LogP contribution in [0, 0.1) is 0 Å². The van der Waals surface area contributed by atoms with E-state index in [2.05, 4.69) is 29.4 Å². The van der Waals surface area contributed by atoms with Gasteiger partial charge in [-0.05, 0) is 17.2 Å². The number of aromatic nitrogens is 2. The SMILES string of the molecule is NCc1cccc(Cn2ncc3ccccc32)c1. The smallest absolute Gasteiger partial charge is 0.0686 e. The molecule has 0 saturated heterocycles. The summed E-state index contributed by atoms with van der Waals surface area (Å²) in [5.41, 5.74) is 9.21. The van der Waals surface area contributed by atoms with Crippen molar-refractivity contribution in [3.05, 3.63) is 65.9 Å². The number of nitrogens with zero attached hydrogens (tertiary/aromatic N) is 2. The van der Waals surface area contributed by atoms with Crippen LogP contribution in [0.2, 0.25) is 0 Å². The zero-order valence-corrected chi connectivity index (χ0v) is 10.1. The van der Waals surface area contributed by atoms with Crippen LogP contribution in [0.5, 0.6) is 0 Å². The van der Waals surface area contributed by atoms with Gasteiger partial charge in [-0.25, -0.2) is 0 Å². The molecule has 1 heterocycles. The maximum absolute atomic E-state index is 5.66. The van der Waals surface area contributed by atoms with E-state index >= 15 is 0 Å². The summed E-state index contributed by atoms with van der Waals surface area (Å²) in [5.74, 6) is 0. The van der Waals surface area contributed by atoms with Gasteiger partial charge in [0.05, 0.1) is 18.3 Å². The zero-order valence-electron chi connectivity index (χ0n) is 10.1. The van der Waals surface area contributed by atoms with Gasteiger partial charge in [0.15, 0.2) is 0 Å². The second-order valence-corrected chi connectivity index (χ2v) is 4.39. The Balaban J connectivity index is 1.96. The average molecular weight is 237 g/mol. The van der Waals surface area contributed by atoms with Gasteiger partial charge < -0.3 is 5.73 Å². The Morgan fingerprint density at radius 2 is 1.83 bits per heavy atom. The van der Waals surface area contributed by atoms with Crippen LogP contribution in [0.3, 0.4) is 0 Å². The Morgan fingerprint density at radius 1 is 1.00 bits per heavy atom. The summed E-state index contributed by atoms with van der Waals surface area (Å²) >= 11 is 0. The van der Waals surface area contributed by atoms with Crippen molar-refractivity contribution in [3.8, 4) is 0 Å². The van der Waals surface area contributed by atoms with Gasteiger partial charge in [0.2, 0.25) is 0 Å². The third-order valence-electron chi connectivity index (χ3n) is 3.11. The largest absolute Gasteiger partial charge is 0.326 e. The van der Waals surface area contributed by atoms with Crippen molar-refractivity contribution in [2.24, 2.45) is 5.73 Å². The summed E-state index contributed by atoms with van der Waals surface area (Å²) in [4.78, 5) is 0. The second-order valence-electron chi connectivity index (χ2n) is 4.39. The highest BCUT2D eigenvalue weighted by Gasteiger charge is 2.02. The fourth-order valence-corrected chi connectivity index (χ4v) is 2.18. The van der Waals surface area contributed by atoms with E-state index in [4.69, 9.17) is 5.73 Å². The summed E-state index contributed by atoms with van der Waals surface area (Å²) in [5, 5.41) is 5.61. The molecule has 2 N–H and O–H groups in total. The van der Waals surface area contributed by atoms with E-state index in [1.54, 1.807) is 0 Å². The van der Waals surface area contributed by atoms with Crippen molar-refractivity contribution >= 4 is 10.9 Å². The van der Waals surface area contributed by atoms with E-state index in [0.717, 1.165) is 17.6 Å². The predicted octanol–water partition coefficient (Wildman–Crippen LogP) is 2.54. The fraction of sp³-hybridized carbons (Fsp3) is 0.133. The minimum absolute atomic E-state index is 0.577. The van der Waals surface area contributed by atoms with Crippen LogP contribution in [0.25, 0.3) is 10.9 Å². The van der Waals surface area contributed by atoms with E-state index in [1.807, 2.05) is 35.1 Å². The van der Waals surface area contributed by atoms with E-state index in [-0.39, 0.29) is 0 Å². The third-order valence-corrected chi connectivity index (χ3v) is 3.11. The minimum Gasteiger partial charge on any atom is -0.326 e. The fourth-order valence-electron chi connectivity index (χ4n) is 2.18. The lowest BCUT2D eigenvalue weighted by Crippen LogP contribution is -2.03. The molecular formula is C15H15N3. The Kier molecular flexibility index (Phi) is 2.82. The molecule has 18 heavy (non-hydrogen) atoms. The number of nitrogens with two attached hydrogens (primary N) is 1. The van der Waals surface area contributed by atoms with E-state index < -0.39 is 0 Å². The molecule has 0 unspecified atom stereocenters. The molecule has 0 aliphatic rings. The lowest BCUT2D eigenvalue weighted by atomic mass is 10.1. The molecule has 3 aromatic rings. The highest BCUT2D eigenvalue weighted by molar-refractivity contribution is 5.78. The molecule has 0 spiro atoms. The molecule has 0 amide bonds. The number of fused-ring (bicyclic) bond motifs is 1. The first-order valence-corrected chi connectivity index (χ1v) is 6.05. The molecule has 0 fully saturated rings. The monoisotopic (exact) mass is 237 g/mol. The average Bonchev–Trinajstić information content (AvgIpc) is 2.83. The maximum Gasteiger partial charge on any atom is 0.0686 e. The van der Waals surface area contributed by atoms with Crippen molar-refractivity contribution in [2.75, 3.05) is 0 Å². The lowest BCUT2D eigenvalue weighted by Gasteiger charge is -2.05. The van der Waals surface area contributed by atoms with Crippen LogP contribution in [-0.4, -0.2) is 9.78 Å². The van der Waals surface area contributed by atoms with Crippen molar-refractivity contribution in [3.63, 3.8) is 0 Å². The summed E-state index contributed by atoms with van der Waals surface area (Å²) in [7, 11) is 0. The van der Waals surface area contributed by atoms with Gasteiger partial charge in [0, 0.05) is 11.9 Å².